The number of hydrazine groups is 1. The van der Waals surface area contributed by atoms with Gasteiger partial charge in [0.1, 0.15) is 5.76 Å². The number of furan rings is 1. The van der Waals surface area contributed by atoms with Crippen molar-refractivity contribution in [3.63, 3.8) is 0 Å². The number of hydrogen-bond acceptors (Lipinski definition) is 4. The van der Waals surface area contributed by atoms with Crippen molar-refractivity contribution in [3.8, 4) is 5.75 Å². The van der Waals surface area contributed by atoms with Crippen molar-refractivity contribution in [1.82, 2.24) is 5.43 Å². The molecule has 1 aromatic carbocycles. The molecule has 20 heavy (non-hydrogen) atoms. The monoisotopic (exact) mass is 278 g/mol. The summed E-state index contributed by atoms with van der Waals surface area (Å²) in [6.07, 6.45) is 3.66. The molecule has 0 aliphatic heterocycles. The van der Waals surface area contributed by atoms with Gasteiger partial charge in [0.15, 0.2) is 11.6 Å². The lowest BCUT2D eigenvalue weighted by Crippen LogP contribution is -2.37. The highest BCUT2D eigenvalue weighted by atomic mass is 19.1. The molecule has 0 bridgehead atoms. The van der Waals surface area contributed by atoms with Crippen LogP contribution in [0.3, 0.4) is 0 Å². The molecule has 0 saturated carbocycles. The van der Waals surface area contributed by atoms with Crippen LogP contribution in [0, 0.1) is 5.82 Å². The summed E-state index contributed by atoms with van der Waals surface area (Å²) >= 11 is 0. The van der Waals surface area contributed by atoms with Gasteiger partial charge in [-0.15, -0.1) is 0 Å². The quantitative estimate of drug-likeness (QED) is 0.603. The number of methoxy groups -OCH3 is 1. The molecule has 0 fully saturated rings. The maximum absolute atomic E-state index is 14.1. The molecule has 0 saturated heterocycles. The zero-order valence-corrected chi connectivity index (χ0v) is 11.4. The summed E-state index contributed by atoms with van der Waals surface area (Å²) in [5.41, 5.74) is 3.32. The predicted molar refractivity (Wildman–Crippen MR) is 74.8 cm³/mol. The van der Waals surface area contributed by atoms with Crippen LogP contribution in [0.4, 0.5) is 4.39 Å². The minimum absolute atomic E-state index is 0.0262. The SMILES string of the molecule is COc1cccc(CC(CCc2ccco2)NN)c1F. The summed E-state index contributed by atoms with van der Waals surface area (Å²) in [6.45, 7) is 0. The smallest absolute Gasteiger partial charge is 0.168 e. The first-order valence-corrected chi connectivity index (χ1v) is 6.54. The highest BCUT2D eigenvalue weighted by molar-refractivity contribution is 5.31. The molecule has 0 amide bonds. The number of nitrogens with two attached hydrogens (primary N) is 1. The fourth-order valence-corrected chi connectivity index (χ4v) is 2.15. The Balaban J connectivity index is 1.99. The van der Waals surface area contributed by atoms with E-state index in [1.165, 1.54) is 7.11 Å². The Morgan fingerprint density at radius 1 is 1.35 bits per heavy atom. The van der Waals surface area contributed by atoms with Crippen molar-refractivity contribution in [2.45, 2.75) is 25.3 Å². The Morgan fingerprint density at radius 3 is 2.85 bits per heavy atom. The third-order valence-electron chi connectivity index (χ3n) is 3.28. The molecule has 0 radical (unpaired) electrons. The minimum atomic E-state index is -0.326. The summed E-state index contributed by atoms with van der Waals surface area (Å²) in [5.74, 6) is 6.37. The van der Waals surface area contributed by atoms with E-state index < -0.39 is 0 Å². The second-order valence-electron chi connectivity index (χ2n) is 4.62. The molecule has 108 valence electrons. The van der Waals surface area contributed by atoms with Crippen molar-refractivity contribution in [2.24, 2.45) is 5.84 Å². The van der Waals surface area contributed by atoms with Crippen LogP contribution in [0.2, 0.25) is 0 Å². The van der Waals surface area contributed by atoms with Crippen LogP contribution in [0.15, 0.2) is 41.0 Å². The van der Waals surface area contributed by atoms with Crippen molar-refractivity contribution >= 4 is 0 Å². The van der Waals surface area contributed by atoms with Gasteiger partial charge in [-0.05, 0) is 36.6 Å². The number of ether oxygens (including phenoxy) is 1. The van der Waals surface area contributed by atoms with Crippen molar-refractivity contribution < 1.29 is 13.5 Å². The van der Waals surface area contributed by atoms with Crippen LogP contribution in [0.1, 0.15) is 17.7 Å². The standard InChI is InChI=1S/C15H19FN2O2/c1-19-14-6-2-4-11(15(14)16)10-12(18-17)7-8-13-5-3-9-20-13/h2-6,9,12,18H,7-8,10,17H2,1H3. The Bertz CT molecular complexity index is 529. The average Bonchev–Trinajstić information content (AvgIpc) is 2.98. The first-order chi connectivity index (χ1) is 9.74. The highest BCUT2D eigenvalue weighted by Crippen LogP contribution is 2.21. The predicted octanol–water partition coefficient (Wildman–Crippen LogP) is 2.43. The van der Waals surface area contributed by atoms with Crippen LogP contribution in [0.25, 0.3) is 0 Å². The van der Waals surface area contributed by atoms with E-state index in [2.05, 4.69) is 5.43 Å². The van der Waals surface area contributed by atoms with Gasteiger partial charge >= 0.3 is 0 Å². The van der Waals surface area contributed by atoms with Gasteiger partial charge in [-0.2, -0.15) is 0 Å². The molecule has 2 aromatic rings. The van der Waals surface area contributed by atoms with E-state index in [1.54, 1.807) is 24.5 Å². The second kappa shape index (κ2) is 7.07. The van der Waals surface area contributed by atoms with Crippen LogP contribution in [0.5, 0.6) is 5.75 Å². The van der Waals surface area contributed by atoms with Gasteiger partial charge in [-0.1, -0.05) is 12.1 Å². The van der Waals surface area contributed by atoms with Crippen molar-refractivity contribution in [1.29, 1.82) is 0 Å². The van der Waals surface area contributed by atoms with Crippen molar-refractivity contribution in [2.75, 3.05) is 7.11 Å². The molecule has 0 spiro atoms. The van der Waals surface area contributed by atoms with E-state index in [0.717, 1.165) is 18.6 Å². The Hall–Kier alpha value is -1.85. The zero-order valence-electron chi connectivity index (χ0n) is 11.4. The molecular weight excluding hydrogens is 259 g/mol. The van der Waals surface area contributed by atoms with E-state index in [1.807, 2.05) is 12.1 Å². The van der Waals surface area contributed by atoms with Crippen LogP contribution < -0.4 is 16.0 Å². The minimum Gasteiger partial charge on any atom is -0.494 e. The number of hydrogen-bond donors (Lipinski definition) is 2. The molecule has 1 heterocycles. The fourth-order valence-electron chi connectivity index (χ4n) is 2.15. The first-order valence-electron chi connectivity index (χ1n) is 6.54. The normalized spacial score (nSPS) is 12.3. The third-order valence-corrected chi connectivity index (χ3v) is 3.28. The van der Waals surface area contributed by atoms with Gasteiger partial charge in [0.25, 0.3) is 0 Å². The second-order valence-corrected chi connectivity index (χ2v) is 4.62. The molecule has 0 aliphatic rings. The topological polar surface area (TPSA) is 60.4 Å². The molecule has 5 heteroatoms. The van der Waals surface area contributed by atoms with Gasteiger partial charge in [0.2, 0.25) is 0 Å². The molecule has 1 aromatic heterocycles. The lowest BCUT2D eigenvalue weighted by Gasteiger charge is -2.16. The number of benzene rings is 1. The van der Waals surface area contributed by atoms with Crippen LogP contribution in [-0.2, 0) is 12.8 Å². The van der Waals surface area contributed by atoms with Gasteiger partial charge in [-0.25, -0.2) is 4.39 Å². The van der Waals surface area contributed by atoms with Gasteiger partial charge in [0, 0.05) is 12.5 Å². The van der Waals surface area contributed by atoms with Gasteiger partial charge < -0.3 is 9.15 Å². The van der Waals surface area contributed by atoms with Crippen LogP contribution in [-0.4, -0.2) is 13.2 Å². The molecule has 1 atom stereocenters. The molecular formula is C15H19FN2O2. The third kappa shape index (κ3) is 3.59. The Morgan fingerprint density at radius 2 is 2.20 bits per heavy atom. The Kier molecular flexibility index (Phi) is 5.15. The molecule has 4 nitrogen and oxygen atoms in total. The zero-order chi connectivity index (χ0) is 14.4. The van der Waals surface area contributed by atoms with E-state index >= 15 is 0 Å². The van der Waals surface area contributed by atoms with E-state index in [-0.39, 0.29) is 17.6 Å². The molecule has 3 N–H and O–H groups in total. The number of halogens is 1. The lowest BCUT2D eigenvalue weighted by atomic mass is 10.0. The maximum atomic E-state index is 14.1. The van der Waals surface area contributed by atoms with Crippen molar-refractivity contribution in [3.05, 3.63) is 53.7 Å². The van der Waals surface area contributed by atoms with E-state index in [0.29, 0.717) is 12.0 Å². The maximum Gasteiger partial charge on any atom is 0.168 e. The average molecular weight is 278 g/mol. The summed E-state index contributed by atoms with van der Waals surface area (Å²) in [6, 6.07) is 8.86. The number of nitrogens with one attached hydrogen (secondary N) is 1. The Labute approximate surface area is 117 Å². The summed E-state index contributed by atoms with van der Waals surface area (Å²) in [7, 11) is 1.46. The molecule has 1 unspecified atom stereocenters. The largest absolute Gasteiger partial charge is 0.494 e. The van der Waals surface area contributed by atoms with E-state index in [4.69, 9.17) is 15.0 Å². The number of rotatable bonds is 7. The highest BCUT2D eigenvalue weighted by Gasteiger charge is 2.14. The van der Waals surface area contributed by atoms with Gasteiger partial charge in [0.05, 0.1) is 13.4 Å². The fraction of sp³-hybridized carbons (Fsp3) is 0.333. The lowest BCUT2D eigenvalue weighted by molar-refractivity contribution is 0.381. The number of aryl methyl sites for hydroxylation is 1. The molecule has 0 aliphatic carbocycles. The first kappa shape index (κ1) is 14.6. The van der Waals surface area contributed by atoms with E-state index in [9.17, 15) is 4.39 Å². The summed E-state index contributed by atoms with van der Waals surface area (Å²) < 4.78 is 24.3. The summed E-state index contributed by atoms with van der Waals surface area (Å²) in [5, 5.41) is 0. The van der Waals surface area contributed by atoms with Crippen LogP contribution >= 0.6 is 0 Å². The van der Waals surface area contributed by atoms with Gasteiger partial charge in [-0.3, -0.25) is 11.3 Å². The summed E-state index contributed by atoms with van der Waals surface area (Å²) in [4.78, 5) is 0. The molecule has 2 rings (SSSR count).